The molecule has 0 radical (unpaired) electrons. The molecule has 6 heteroatoms. The van der Waals surface area contributed by atoms with Crippen LogP contribution in [0.3, 0.4) is 0 Å². The van der Waals surface area contributed by atoms with Crippen LogP contribution in [-0.4, -0.2) is 33.7 Å². The van der Waals surface area contributed by atoms with E-state index in [1.807, 2.05) is 17.7 Å². The van der Waals surface area contributed by atoms with E-state index in [1.165, 1.54) is 38.5 Å². The van der Waals surface area contributed by atoms with Gasteiger partial charge in [0, 0.05) is 37.8 Å². The van der Waals surface area contributed by atoms with Gasteiger partial charge in [-0.25, -0.2) is 4.98 Å². The maximum Gasteiger partial charge on any atom is 0.220 e. The number of fused-ring (bicyclic) bond motifs is 1. The van der Waals surface area contributed by atoms with Crippen molar-refractivity contribution in [1.29, 1.82) is 0 Å². The molecule has 1 unspecified atom stereocenters. The van der Waals surface area contributed by atoms with Crippen molar-refractivity contribution in [2.24, 2.45) is 5.92 Å². The molecular weight excluding hydrogens is 362 g/mol. The highest BCUT2D eigenvalue weighted by atomic mass is 35.5. The molecule has 1 fully saturated rings. The molecular formula is C21H32ClN3O2. The monoisotopic (exact) mass is 393 g/mol. The van der Waals surface area contributed by atoms with Gasteiger partial charge in [-0.3, -0.25) is 4.79 Å². The number of hydrogen-bond donors (Lipinski definition) is 2. The van der Waals surface area contributed by atoms with Crippen molar-refractivity contribution in [2.75, 3.05) is 7.05 Å². The number of aromatic nitrogens is 2. The summed E-state index contributed by atoms with van der Waals surface area (Å²) in [6.45, 7) is 4.29. The second kappa shape index (κ2) is 10.7. The Morgan fingerprint density at radius 3 is 2.63 bits per heavy atom. The first-order valence-electron chi connectivity index (χ1n) is 9.91. The van der Waals surface area contributed by atoms with Crippen LogP contribution in [0.4, 0.5) is 0 Å². The number of aliphatic hydroxyl groups is 1. The fraction of sp³-hybridized carbons (Fsp3) is 0.619. The molecule has 0 bridgehead atoms. The van der Waals surface area contributed by atoms with Gasteiger partial charge in [0.1, 0.15) is 5.65 Å². The van der Waals surface area contributed by atoms with Crippen molar-refractivity contribution >= 4 is 28.5 Å². The van der Waals surface area contributed by atoms with E-state index in [1.54, 1.807) is 26.2 Å². The van der Waals surface area contributed by atoms with Crippen molar-refractivity contribution in [1.82, 2.24) is 14.9 Å². The maximum absolute atomic E-state index is 11.1. The normalized spacial score (nSPS) is 16.3. The fourth-order valence-electron chi connectivity index (χ4n) is 3.73. The Kier molecular flexibility index (Phi) is 8.58. The second-order valence-corrected chi connectivity index (χ2v) is 7.95. The topological polar surface area (TPSA) is 67.2 Å². The summed E-state index contributed by atoms with van der Waals surface area (Å²) in [5.41, 5.74) is 1.92. The van der Waals surface area contributed by atoms with E-state index in [0.29, 0.717) is 17.5 Å². The molecule has 3 rings (SSSR count). The molecule has 2 aromatic heterocycles. The molecule has 5 nitrogen and oxygen atoms in total. The molecule has 1 atom stereocenters. The first-order chi connectivity index (χ1) is 12.9. The highest BCUT2D eigenvalue weighted by Crippen LogP contribution is 2.26. The average Bonchev–Trinajstić information content (AvgIpc) is 2.79. The number of halogens is 1. The lowest BCUT2D eigenvalue weighted by Gasteiger charge is -2.11. The predicted molar refractivity (Wildman–Crippen MR) is 111 cm³/mol. The van der Waals surface area contributed by atoms with Crippen LogP contribution in [0.15, 0.2) is 18.5 Å². The Bertz CT molecular complexity index is 734. The van der Waals surface area contributed by atoms with Crippen LogP contribution in [0.1, 0.15) is 57.4 Å². The lowest BCUT2D eigenvalue weighted by atomic mass is 9.96. The largest absolute Gasteiger partial charge is 0.392 e. The number of rotatable bonds is 4. The van der Waals surface area contributed by atoms with Crippen LogP contribution in [0.25, 0.3) is 11.0 Å². The number of nitrogens with one attached hydrogen (secondary N) is 1. The average molecular weight is 394 g/mol. The quantitative estimate of drug-likeness (QED) is 0.753. The number of amides is 1. The molecule has 0 aromatic carbocycles. The van der Waals surface area contributed by atoms with E-state index in [0.717, 1.165) is 23.0 Å². The second-order valence-electron chi connectivity index (χ2n) is 7.54. The van der Waals surface area contributed by atoms with Crippen LogP contribution in [0, 0.1) is 12.8 Å². The minimum Gasteiger partial charge on any atom is -0.392 e. The van der Waals surface area contributed by atoms with E-state index in [-0.39, 0.29) is 12.0 Å². The predicted octanol–water partition coefficient (Wildman–Crippen LogP) is 4.47. The van der Waals surface area contributed by atoms with Gasteiger partial charge in [-0.05, 0) is 44.2 Å². The molecule has 1 saturated carbocycles. The zero-order chi connectivity index (χ0) is 19.8. The molecule has 1 aliphatic rings. The Labute approximate surface area is 167 Å². The zero-order valence-corrected chi connectivity index (χ0v) is 17.4. The summed E-state index contributed by atoms with van der Waals surface area (Å²) < 4.78 is 1.93. The molecule has 1 amide bonds. The van der Waals surface area contributed by atoms with Crippen LogP contribution in [-0.2, 0) is 11.3 Å². The van der Waals surface area contributed by atoms with Gasteiger partial charge < -0.3 is 15.0 Å². The number of carbonyl (C=O) groups excluding carboxylic acids is 1. The zero-order valence-electron chi connectivity index (χ0n) is 16.7. The lowest BCUT2D eigenvalue weighted by molar-refractivity contribution is -0.121. The van der Waals surface area contributed by atoms with Gasteiger partial charge in [0.2, 0.25) is 5.91 Å². The van der Waals surface area contributed by atoms with Gasteiger partial charge in [-0.15, -0.1) is 0 Å². The van der Waals surface area contributed by atoms with Crippen LogP contribution < -0.4 is 5.32 Å². The summed E-state index contributed by atoms with van der Waals surface area (Å²) in [7, 11) is 1.72. The number of carbonyl (C=O) groups is 1. The van der Waals surface area contributed by atoms with Gasteiger partial charge in [0.25, 0.3) is 0 Å². The summed E-state index contributed by atoms with van der Waals surface area (Å²) in [5, 5.41) is 13.7. The lowest BCUT2D eigenvalue weighted by Crippen LogP contribution is -2.21. The van der Waals surface area contributed by atoms with Gasteiger partial charge >= 0.3 is 0 Å². The fourth-order valence-corrected chi connectivity index (χ4v) is 4.02. The van der Waals surface area contributed by atoms with Crippen molar-refractivity contribution in [3.63, 3.8) is 0 Å². The first kappa shape index (κ1) is 21.7. The van der Waals surface area contributed by atoms with E-state index < -0.39 is 0 Å². The number of aryl methyl sites for hydroxylation is 1. The van der Waals surface area contributed by atoms with Gasteiger partial charge in [0.05, 0.1) is 11.1 Å². The third kappa shape index (κ3) is 6.51. The molecule has 1 aliphatic carbocycles. The van der Waals surface area contributed by atoms with Gasteiger partial charge in [-0.2, -0.15) is 0 Å². The summed E-state index contributed by atoms with van der Waals surface area (Å²) in [6.07, 6.45) is 11.9. The first-order valence-corrected chi connectivity index (χ1v) is 10.3. The Morgan fingerprint density at radius 1 is 1.37 bits per heavy atom. The van der Waals surface area contributed by atoms with E-state index in [2.05, 4.69) is 10.3 Å². The van der Waals surface area contributed by atoms with Crippen LogP contribution >= 0.6 is 11.6 Å². The van der Waals surface area contributed by atoms with E-state index in [4.69, 9.17) is 11.6 Å². The van der Waals surface area contributed by atoms with Gasteiger partial charge in [0.15, 0.2) is 0 Å². The Balaban J connectivity index is 0.000000199. The van der Waals surface area contributed by atoms with Crippen LogP contribution in [0.5, 0.6) is 0 Å². The van der Waals surface area contributed by atoms with E-state index >= 15 is 0 Å². The Morgan fingerprint density at radius 2 is 2.04 bits per heavy atom. The molecule has 0 saturated heterocycles. The third-order valence-corrected chi connectivity index (χ3v) is 5.40. The van der Waals surface area contributed by atoms with Crippen molar-refractivity contribution in [3.05, 3.63) is 29.0 Å². The van der Waals surface area contributed by atoms with Crippen LogP contribution in [0.2, 0.25) is 5.02 Å². The summed E-state index contributed by atoms with van der Waals surface area (Å²) in [4.78, 5) is 15.4. The third-order valence-electron chi connectivity index (χ3n) is 5.08. The standard InChI is InChI=1S/C11H13ClN2O.C10H19NO/c1-7-5-14(6-8(2)15)11-10(7)9(12)3-4-13-11;1-11-10(12)8-9-6-4-2-3-5-7-9/h3-5,8,15H,6H2,1-2H3;9H,2-8H2,1H3,(H,11,12). The summed E-state index contributed by atoms with van der Waals surface area (Å²) in [5.74, 6) is 0.870. The summed E-state index contributed by atoms with van der Waals surface area (Å²) in [6, 6.07) is 1.78. The van der Waals surface area contributed by atoms with Crippen molar-refractivity contribution < 1.29 is 9.90 Å². The van der Waals surface area contributed by atoms with Crippen molar-refractivity contribution in [2.45, 2.75) is 71.4 Å². The molecule has 27 heavy (non-hydrogen) atoms. The maximum atomic E-state index is 11.1. The molecule has 0 aliphatic heterocycles. The number of aliphatic hydroxyl groups excluding tert-OH is 1. The van der Waals surface area contributed by atoms with E-state index in [9.17, 15) is 9.90 Å². The highest BCUT2D eigenvalue weighted by Gasteiger charge is 2.14. The number of nitrogens with zero attached hydrogens (tertiary/aromatic N) is 2. The smallest absolute Gasteiger partial charge is 0.220 e. The molecule has 2 N–H and O–H groups in total. The number of hydrogen-bond acceptors (Lipinski definition) is 3. The minimum absolute atomic E-state index is 0.210. The minimum atomic E-state index is -0.388. The Hall–Kier alpha value is -1.59. The molecule has 0 spiro atoms. The summed E-state index contributed by atoms with van der Waals surface area (Å²) >= 11 is 6.10. The molecule has 2 aromatic rings. The number of pyridine rings is 1. The molecule has 2 heterocycles. The molecule has 150 valence electrons. The SMILES string of the molecule is CNC(=O)CC1CCCCCC1.Cc1cn(CC(C)O)c2nccc(Cl)c12. The van der Waals surface area contributed by atoms with Crippen molar-refractivity contribution in [3.8, 4) is 0 Å². The van der Waals surface area contributed by atoms with Gasteiger partial charge in [-0.1, -0.05) is 37.3 Å². The highest BCUT2D eigenvalue weighted by molar-refractivity contribution is 6.35.